The summed E-state index contributed by atoms with van der Waals surface area (Å²) in [6.45, 7) is 0. The molecule has 0 aromatic carbocycles. The van der Waals surface area contributed by atoms with Crippen molar-refractivity contribution in [3.05, 3.63) is 35.8 Å². The second-order valence-corrected chi connectivity index (χ2v) is 5.98. The SMILES string of the molecule is CS(=O)(=O)Nc1ccc(-c2cccs2)cn1. The van der Waals surface area contributed by atoms with Crippen LogP contribution in [0.15, 0.2) is 35.8 Å². The fourth-order valence-corrected chi connectivity index (χ4v) is 2.45. The highest BCUT2D eigenvalue weighted by Gasteiger charge is 2.03. The van der Waals surface area contributed by atoms with Crippen molar-refractivity contribution in [1.29, 1.82) is 0 Å². The Balaban J connectivity index is 2.24. The monoisotopic (exact) mass is 254 g/mol. The van der Waals surface area contributed by atoms with Gasteiger partial charge < -0.3 is 0 Å². The van der Waals surface area contributed by atoms with E-state index in [4.69, 9.17) is 0 Å². The van der Waals surface area contributed by atoms with Gasteiger partial charge >= 0.3 is 0 Å². The Bertz CT molecular complexity index is 559. The average molecular weight is 254 g/mol. The molecule has 6 heteroatoms. The molecule has 0 amide bonds. The highest BCUT2D eigenvalue weighted by Crippen LogP contribution is 2.24. The fourth-order valence-electron chi connectivity index (χ4n) is 1.23. The highest BCUT2D eigenvalue weighted by atomic mass is 32.2. The van der Waals surface area contributed by atoms with E-state index in [9.17, 15) is 8.42 Å². The zero-order valence-corrected chi connectivity index (χ0v) is 10.2. The average Bonchev–Trinajstić information content (AvgIpc) is 2.69. The molecule has 0 aliphatic rings. The summed E-state index contributed by atoms with van der Waals surface area (Å²) in [7, 11) is -3.25. The molecule has 1 N–H and O–H groups in total. The van der Waals surface area contributed by atoms with Gasteiger partial charge in [-0.1, -0.05) is 6.07 Å². The quantitative estimate of drug-likeness (QED) is 0.913. The minimum Gasteiger partial charge on any atom is -0.268 e. The number of sulfonamides is 1. The Labute approximate surface area is 98.0 Å². The summed E-state index contributed by atoms with van der Waals surface area (Å²) in [6, 6.07) is 7.44. The molecule has 0 bridgehead atoms. The van der Waals surface area contributed by atoms with Crippen LogP contribution in [0.3, 0.4) is 0 Å². The molecule has 0 unspecified atom stereocenters. The van der Waals surface area contributed by atoms with Gasteiger partial charge in [-0.3, -0.25) is 4.72 Å². The van der Waals surface area contributed by atoms with E-state index in [0.717, 1.165) is 16.7 Å². The van der Waals surface area contributed by atoms with E-state index in [1.807, 2.05) is 23.6 Å². The molecule has 0 radical (unpaired) electrons. The first-order valence-electron chi connectivity index (χ1n) is 4.52. The van der Waals surface area contributed by atoms with Crippen LogP contribution in [-0.2, 0) is 10.0 Å². The Kier molecular flexibility index (Phi) is 2.93. The number of rotatable bonds is 3. The number of hydrogen-bond acceptors (Lipinski definition) is 4. The number of nitrogens with one attached hydrogen (secondary N) is 1. The van der Waals surface area contributed by atoms with Gasteiger partial charge in [-0.05, 0) is 23.6 Å². The summed E-state index contributed by atoms with van der Waals surface area (Å²) < 4.78 is 24.2. The van der Waals surface area contributed by atoms with Crippen molar-refractivity contribution in [2.75, 3.05) is 11.0 Å². The summed E-state index contributed by atoms with van der Waals surface area (Å²) in [5, 5.41) is 1.98. The van der Waals surface area contributed by atoms with Crippen molar-refractivity contribution in [2.24, 2.45) is 0 Å². The number of pyridine rings is 1. The van der Waals surface area contributed by atoms with Gasteiger partial charge in [0.25, 0.3) is 0 Å². The molecule has 16 heavy (non-hydrogen) atoms. The van der Waals surface area contributed by atoms with Crippen LogP contribution in [0.25, 0.3) is 10.4 Å². The van der Waals surface area contributed by atoms with Crippen LogP contribution in [0.2, 0.25) is 0 Å². The molecule has 2 aromatic heterocycles. The van der Waals surface area contributed by atoms with E-state index in [-0.39, 0.29) is 0 Å². The van der Waals surface area contributed by atoms with Gasteiger partial charge in [0.2, 0.25) is 10.0 Å². The summed E-state index contributed by atoms with van der Waals surface area (Å²) >= 11 is 1.62. The third kappa shape index (κ3) is 2.80. The molecule has 0 atom stereocenters. The second kappa shape index (κ2) is 4.23. The standard InChI is InChI=1S/C10H10N2O2S2/c1-16(13,14)12-10-5-4-8(7-11-10)9-3-2-6-15-9/h2-7H,1H3,(H,11,12). The lowest BCUT2D eigenvalue weighted by molar-refractivity contribution is 0.606. The molecule has 0 saturated carbocycles. The maximum atomic E-state index is 11.0. The molecule has 0 aliphatic heterocycles. The highest BCUT2D eigenvalue weighted by molar-refractivity contribution is 7.92. The molecule has 2 rings (SSSR count). The van der Waals surface area contributed by atoms with Gasteiger partial charge in [0.05, 0.1) is 6.26 Å². The molecule has 2 aromatic rings. The largest absolute Gasteiger partial charge is 0.268 e. The van der Waals surface area contributed by atoms with Crippen LogP contribution >= 0.6 is 11.3 Å². The zero-order chi connectivity index (χ0) is 11.6. The van der Waals surface area contributed by atoms with E-state index in [0.29, 0.717) is 5.82 Å². The van der Waals surface area contributed by atoms with Crippen LogP contribution in [0.1, 0.15) is 0 Å². The second-order valence-electron chi connectivity index (χ2n) is 3.28. The number of nitrogens with zero attached hydrogens (tertiary/aromatic N) is 1. The zero-order valence-electron chi connectivity index (χ0n) is 8.54. The van der Waals surface area contributed by atoms with Gasteiger partial charge in [0.1, 0.15) is 5.82 Å². The summed E-state index contributed by atoms with van der Waals surface area (Å²) in [5.41, 5.74) is 0.981. The van der Waals surface area contributed by atoms with Crippen molar-refractivity contribution in [3.63, 3.8) is 0 Å². The minimum atomic E-state index is -3.25. The topological polar surface area (TPSA) is 59.1 Å². The van der Waals surface area contributed by atoms with Crippen molar-refractivity contribution < 1.29 is 8.42 Å². The van der Waals surface area contributed by atoms with Gasteiger partial charge in [0.15, 0.2) is 0 Å². The predicted molar refractivity (Wildman–Crippen MR) is 66.0 cm³/mol. The molecule has 84 valence electrons. The summed E-state index contributed by atoms with van der Waals surface area (Å²) in [4.78, 5) is 5.15. The lowest BCUT2D eigenvalue weighted by Crippen LogP contribution is -2.10. The molecular weight excluding hydrogens is 244 g/mol. The lowest BCUT2D eigenvalue weighted by Gasteiger charge is -2.03. The third-order valence-corrected chi connectivity index (χ3v) is 3.36. The Morgan fingerprint density at radius 3 is 2.62 bits per heavy atom. The van der Waals surface area contributed by atoms with E-state index >= 15 is 0 Å². The normalized spacial score (nSPS) is 11.3. The van der Waals surface area contributed by atoms with Gasteiger partial charge in [-0.15, -0.1) is 11.3 Å². The van der Waals surface area contributed by atoms with Gasteiger partial charge in [-0.25, -0.2) is 13.4 Å². The Morgan fingerprint density at radius 1 is 1.31 bits per heavy atom. The third-order valence-electron chi connectivity index (χ3n) is 1.86. The summed E-state index contributed by atoms with van der Waals surface area (Å²) in [5.74, 6) is 0.336. The molecule has 4 nitrogen and oxygen atoms in total. The van der Waals surface area contributed by atoms with Crippen LogP contribution in [0.4, 0.5) is 5.82 Å². The van der Waals surface area contributed by atoms with Crippen molar-refractivity contribution >= 4 is 27.2 Å². The number of anilines is 1. The molecule has 0 saturated heterocycles. The van der Waals surface area contributed by atoms with E-state index in [1.54, 1.807) is 23.6 Å². The first kappa shape index (κ1) is 11.1. The maximum Gasteiger partial charge on any atom is 0.230 e. The molecule has 0 aliphatic carbocycles. The van der Waals surface area contributed by atoms with Crippen molar-refractivity contribution in [2.45, 2.75) is 0 Å². The first-order chi connectivity index (χ1) is 7.54. The smallest absolute Gasteiger partial charge is 0.230 e. The number of thiophene rings is 1. The van der Waals surface area contributed by atoms with E-state index in [1.165, 1.54) is 0 Å². The maximum absolute atomic E-state index is 11.0. The van der Waals surface area contributed by atoms with Gasteiger partial charge in [0, 0.05) is 16.6 Å². The molecule has 0 spiro atoms. The fraction of sp³-hybridized carbons (Fsp3) is 0.100. The Morgan fingerprint density at radius 2 is 2.12 bits per heavy atom. The van der Waals surface area contributed by atoms with Crippen LogP contribution in [-0.4, -0.2) is 19.7 Å². The first-order valence-corrected chi connectivity index (χ1v) is 7.29. The minimum absolute atomic E-state index is 0.336. The lowest BCUT2D eigenvalue weighted by atomic mass is 10.2. The Hall–Kier alpha value is -1.40. The number of aromatic nitrogens is 1. The van der Waals surface area contributed by atoms with Crippen LogP contribution in [0, 0.1) is 0 Å². The van der Waals surface area contributed by atoms with Crippen molar-refractivity contribution in [1.82, 2.24) is 4.98 Å². The molecular formula is C10H10N2O2S2. The summed E-state index contributed by atoms with van der Waals surface area (Å²) in [6.07, 6.45) is 2.75. The van der Waals surface area contributed by atoms with Gasteiger partial charge in [-0.2, -0.15) is 0 Å². The van der Waals surface area contributed by atoms with Crippen LogP contribution in [0.5, 0.6) is 0 Å². The van der Waals surface area contributed by atoms with Crippen molar-refractivity contribution in [3.8, 4) is 10.4 Å². The molecule has 0 fully saturated rings. The number of hydrogen-bond donors (Lipinski definition) is 1. The predicted octanol–water partition coefficient (Wildman–Crippen LogP) is 2.18. The van der Waals surface area contributed by atoms with E-state index < -0.39 is 10.0 Å². The van der Waals surface area contributed by atoms with E-state index in [2.05, 4.69) is 9.71 Å². The van der Waals surface area contributed by atoms with Crippen LogP contribution < -0.4 is 4.72 Å². The molecule has 2 heterocycles.